The first-order valence-corrected chi connectivity index (χ1v) is 8.63. The molecule has 0 aromatic carbocycles. The van der Waals surface area contributed by atoms with E-state index >= 15 is 0 Å². The highest BCUT2D eigenvalue weighted by atomic mass is 32.8. The van der Waals surface area contributed by atoms with Gasteiger partial charge in [-0.05, 0) is 18.8 Å². The van der Waals surface area contributed by atoms with Crippen LogP contribution >= 0.6 is 11.8 Å². The van der Waals surface area contributed by atoms with Gasteiger partial charge < -0.3 is 10.5 Å². The van der Waals surface area contributed by atoms with Crippen LogP contribution in [0.15, 0.2) is 0 Å². The van der Waals surface area contributed by atoms with Gasteiger partial charge in [-0.2, -0.15) is 11.8 Å². The topological polar surface area (TPSA) is 52.3 Å². The van der Waals surface area contributed by atoms with Gasteiger partial charge in [-0.3, -0.25) is 4.79 Å². The molecule has 0 aliphatic rings. The molecular formula is C12H25NO2S3. The second-order valence-electron chi connectivity index (χ2n) is 4.40. The number of carbonyl (C=O) groups excluding carboxylic acids is 1. The lowest BCUT2D eigenvalue weighted by Crippen LogP contribution is -2.33. The summed E-state index contributed by atoms with van der Waals surface area (Å²) in [6, 6.07) is 0.215. The molecular weight excluding hydrogens is 286 g/mol. The Morgan fingerprint density at radius 1 is 1.33 bits per heavy atom. The van der Waals surface area contributed by atoms with Crippen LogP contribution in [0, 0.1) is 11.8 Å². The van der Waals surface area contributed by atoms with Gasteiger partial charge in [0.05, 0.1) is 13.0 Å². The minimum atomic E-state index is -0.111. The quantitative estimate of drug-likeness (QED) is 0.548. The van der Waals surface area contributed by atoms with Crippen LogP contribution in [0.1, 0.15) is 34.1 Å². The average Bonchev–Trinajstić information content (AvgIpc) is 2.36. The second kappa shape index (κ2) is 13.6. The number of esters is 1. The van der Waals surface area contributed by atoms with E-state index < -0.39 is 0 Å². The second-order valence-corrected chi connectivity index (χ2v) is 5.55. The smallest absolute Gasteiger partial charge is 0.306 e. The lowest BCUT2D eigenvalue weighted by molar-refractivity contribution is -0.142. The normalized spacial score (nSPS) is 13.4. The van der Waals surface area contributed by atoms with Crippen molar-refractivity contribution >= 4 is 40.1 Å². The Kier molecular flexibility index (Phi) is 15.6. The van der Waals surface area contributed by atoms with Crippen molar-refractivity contribution in [2.45, 2.75) is 40.2 Å². The molecule has 0 unspecified atom stereocenters. The summed E-state index contributed by atoms with van der Waals surface area (Å²) < 4.78 is 4.85. The molecule has 0 fully saturated rings. The van der Waals surface area contributed by atoms with Gasteiger partial charge in [0.2, 0.25) is 0 Å². The van der Waals surface area contributed by atoms with Crippen molar-refractivity contribution in [1.29, 1.82) is 0 Å². The fourth-order valence-corrected chi connectivity index (χ4v) is 2.31. The summed E-state index contributed by atoms with van der Waals surface area (Å²) in [6.45, 7) is 8.85. The van der Waals surface area contributed by atoms with Gasteiger partial charge in [-0.15, -0.1) is 0 Å². The number of rotatable bonds is 8. The average molecular weight is 312 g/mol. The molecule has 0 spiro atoms. The van der Waals surface area contributed by atoms with Crippen molar-refractivity contribution in [2.75, 3.05) is 18.1 Å². The Labute approximate surface area is 125 Å². The number of hydrogen-bond acceptors (Lipinski definition) is 6. The molecule has 0 rings (SSSR count). The molecule has 0 saturated heterocycles. The summed E-state index contributed by atoms with van der Waals surface area (Å²) in [5, 5.41) is 0. The molecule has 0 aromatic heterocycles. The molecule has 0 heterocycles. The minimum absolute atomic E-state index is 0.111. The summed E-state index contributed by atoms with van der Waals surface area (Å²) in [5.41, 5.74) is 6.06. The largest absolute Gasteiger partial charge is 0.466 e. The summed E-state index contributed by atoms with van der Waals surface area (Å²) in [5.74, 6) is 2.74. The van der Waals surface area contributed by atoms with Gasteiger partial charge in [0.1, 0.15) is 0 Å². The molecule has 2 N–H and O–H groups in total. The molecule has 0 aliphatic heterocycles. The van der Waals surface area contributed by atoms with Crippen LogP contribution in [-0.4, -0.2) is 30.1 Å². The first kappa shape index (κ1) is 20.5. The summed E-state index contributed by atoms with van der Waals surface area (Å²) >= 11 is 9.07. The third kappa shape index (κ3) is 11.3. The van der Waals surface area contributed by atoms with Crippen molar-refractivity contribution in [3.63, 3.8) is 0 Å². The fourth-order valence-electron chi connectivity index (χ4n) is 1.25. The lowest BCUT2D eigenvalue weighted by Gasteiger charge is -2.22. The van der Waals surface area contributed by atoms with E-state index in [0.29, 0.717) is 24.9 Å². The first-order valence-electron chi connectivity index (χ1n) is 6.14. The van der Waals surface area contributed by atoms with E-state index in [1.54, 1.807) is 11.8 Å². The third-order valence-electron chi connectivity index (χ3n) is 2.79. The summed E-state index contributed by atoms with van der Waals surface area (Å²) in [7, 11) is 0. The van der Waals surface area contributed by atoms with Crippen molar-refractivity contribution < 1.29 is 9.53 Å². The van der Waals surface area contributed by atoms with E-state index in [-0.39, 0.29) is 12.0 Å². The van der Waals surface area contributed by atoms with Gasteiger partial charge in [-0.1, -0.05) is 20.8 Å². The zero-order valence-corrected chi connectivity index (χ0v) is 14.1. The van der Waals surface area contributed by atoms with Crippen molar-refractivity contribution in [3.8, 4) is 0 Å². The third-order valence-corrected chi connectivity index (χ3v) is 3.91. The Bertz CT molecular complexity index is 215. The predicted molar refractivity (Wildman–Crippen MR) is 85.3 cm³/mol. The van der Waals surface area contributed by atoms with Crippen LogP contribution < -0.4 is 5.73 Å². The SMILES string of the molecule is CCOC(=O)CCSC[C@@H](N)[C@H](C)C(C)C.S=S. The fraction of sp³-hybridized carbons (Fsp3) is 0.917. The highest BCUT2D eigenvalue weighted by molar-refractivity contribution is 8.07. The molecule has 108 valence electrons. The van der Waals surface area contributed by atoms with Crippen LogP contribution in [-0.2, 0) is 31.9 Å². The van der Waals surface area contributed by atoms with E-state index in [4.69, 9.17) is 10.5 Å². The maximum atomic E-state index is 11.1. The lowest BCUT2D eigenvalue weighted by atomic mass is 9.92. The van der Waals surface area contributed by atoms with Crippen molar-refractivity contribution in [3.05, 3.63) is 0 Å². The van der Waals surface area contributed by atoms with E-state index in [1.165, 1.54) is 0 Å². The monoisotopic (exact) mass is 311 g/mol. The van der Waals surface area contributed by atoms with Crippen LogP contribution in [0.3, 0.4) is 0 Å². The van der Waals surface area contributed by atoms with E-state index in [9.17, 15) is 4.79 Å². The zero-order chi connectivity index (χ0) is 14.6. The Morgan fingerprint density at radius 3 is 2.33 bits per heavy atom. The molecule has 0 bridgehead atoms. The van der Waals surface area contributed by atoms with Crippen molar-refractivity contribution in [2.24, 2.45) is 17.6 Å². The molecule has 0 aliphatic carbocycles. The standard InChI is InChI=1S/C12H25NO2S.S2/c1-5-15-12(14)6-7-16-8-11(13)10(4)9(2)3;1-2/h9-11H,5-8,13H2,1-4H3;/t10-,11-;/m1./s1. The van der Waals surface area contributed by atoms with Gasteiger partial charge in [0.25, 0.3) is 0 Å². The molecule has 3 nitrogen and oxygen atoms in total. The van der Waals surface area contributed by atoms with Crippen molar-refractivity contribution in [1.82, 2.24) is 0 Å². The molecule has 0 aromatic rings. The molecule has 0 radical (unpaired) electrons. The van der Waals surface area contributed by atoms with Gasteiger partial charge >= 0.3 is 5.97 Å². The van der Waals surface area contributed by atoms with E-state index in [2.05, 4.69) is 43.1 Å². The molecule has 18 heavy (non-hydrogen) atoms. The van der Waals surface area contributed by atoms with E-state index in [1.807, 2.05) is 6.92 Å². The molecule has 0 saturated carbocycles. The first-order chi connectivity index (χ1) is 8.49. The van der Waals surface area contributed by atoms with Gasteiger partial charge in [-0.25, -0.2) is 0 Å². The Balaban J connectivity index is 0. The molecule has 6 heteroatoms. The maximum absolute atomic E-state index is 11.1. The van der Waals surface area contributed by atoms with E-state index in [0.717, 1.165) is 11.5 Å². The minimum Gasteiger partial charge on any atom is -0.466 e. The highest BCUT2D eigenvalue weighted by Gasteiger charge is 2.16. The predicted octanol–water partition coefficient (Wildman–Crippen LogP) is 2.29. The molecule has 0 amide bonds. The molecule has 2 atom stereocenters. The Morgan fingerprint density at radius 2 is 1.89 bits per heavy atom. The van der Waals surface area contributed by atoms with Gasteiger partial charge in [0, 0.05) is 39.9 Å². The number of thioether (sulfide) groups is 1. The summed E-state index contributed by atoms with van der Waals surface area (Å²) in [6.07, 6.45) is 0.487. The van der Waals surface area contributed by atoms with Crippen LogP contribution in [0.5, 0.6) is 0 Å². The van der Waals surface area contributed by atoms with Crippen LogP contribution in [0.4, 0.5) is 0 Å². The van der Waals surface area contributed by atoms with Gasteiger partial charge in [0.15, 0.2) is 0 Å². The zero-order valence-electron chi connectivity index (χ0n) is 11.7. The summed E-state index contributed by atoms with van der Waals surface area (Å²) in [4.78, 5) is 11.1. The van der Waals surface area contributed by atoms with Crippen LogP contribution in [0.2, 0.25) is 0 Å². The number of ether oxygens (including phenoxy) is 1. The number of carbonyl (C=O) groups is 1. The van der Waals surface area contributed by atoms with Crippen LogP contribution in [0.25, 0.3) is 0 Å². The number of hydrogen-bond donors (Lipinski definition) is 1. The highest BCUT2D eigenvalue weighted by Crippen LogP contribution is 2.16. The Hall–Kier alpha value is 0.220. The maximum Gasteiger partial charge on any atom is 0.306 e. The number of nitrogens with two attached hydrogens (primary N) is 1.